The summed E-state index contributed by atoms with van der Waals surface area (Å²) < 4.78 is 48.2. The monoisotopic (exact) mass is 344 g/mol. The Morgan fingerprint density at radius 2 is 1.21 bits per heavy atom. The molecule has 0 radical (unpaired) electrons. The van der Waals surface area contributed by atoms with E-state index in [1.807, 2.05) is 0 Å². The van der Waals surface area contributed by atoms with Gasteiger partial charge in [-0.3, -0.25) is 0 Å². The standard InChI is InChI=1S/C19H15F2O2P/c1-23-14-12-17(20)19(18(21)13-14)24(22,15-8-4-2-5-9-15)16-10-6-3-7-11-16/h2-13H,1H3. The van der Waals surface area contributed by atoms with Gasteiger partial charge in [0.15, 0.2) is 7.14 Å². The van der Waals surface area contributed by atoms with Gasteiger partial charge in [0.1, 0.15) is 17.4 Å². The first-order chi connectivity index (χ1) is 11.6. The summed E-state index contributed by atoms with van der Waals surface area (Å²) >= 11 is 0. The number of ether oxygens (including phenoxy) is 1. The summed E-state index contributed by atoms with van der Waals surface area (Å²) in [5.41, 5.74) is 0. The van der Waals surface area contributed by atoms with E-state index in [1.54, 1.807) is 60.7 Å². The molecule has 0 unspecified atom stereocenters. The summed E-state index contributed by atoms with van der Waals surface area (Å²) in [6, 6.07) is 18.9. The zero-order valence-corrected chi connectivity index (χ0v) is 13.8. The third kappa shape index (κ3) is 2.74. The fourth-order valence-electron chi connectivity index (χ4n) is 2.64. The van der Waals surface area contributed by atoms with Crippen LogP contribution in [0.4, 0.5) is 8.78 Å². The van der Waals surface area contributed by atoms with Crippen LogP contribution in [-0.4, -0.2) is 7.11 Å². The van der Waals surface area contributed by atoms with Crippen molar-refractivity contribution in [1.82, 2.24) is 0 Å². The summed E-state index contributed by atoms with van der Waals surface area (Å²) in [6.45, 7) is 0. The van der Waals surface area contributed by atoms with Gasteiger partial charge in [0.2, 0.25) is 0 Å². The lowest BCUT2D eigenvalue weighted by Crippen LogP contribution is -2.29. The summed E-state index contributed by atoms with van der Waals surface area (Å²) in [5, 5.41) is 0.319. The highest BCUT2D eigenvalue weighted by atomic mass is 31.2. The minimum absolute atomic E-state index is 0.0430. The molecule has 24 heavy (non-hydrogen) atoms. The quantitative estimate of drug-likeness (QED) is 0.676. The SMILES string of the molecule is COc1cc(F)c(P(=O)(c2ccccc2)c2ccccc2)c(F)c1. The van der Waals surface area contributed by atoms with Gasteiger partial charge in [0, 0.05) is 22.7 Å². The van der Waals surface area contributed by atoms with Crippen molar-refractivity contribution in [1.29, 1.82) is 0 Å². The Morgan fingerprint density at radius 1 is 0.792 bits per heavy atom. The Morgan fingerprint density at radius 3 is 1.58 bits per heavy atom. The highest BCUT2D eigenvalue weighted by Gasteiger charge is 2.35. The lowest BCUT2D eigenvalue weighted by molar-refractivity contribution is 0.407. The second-order valence-electron chi connectivity index (χ2n) is 5.22. The van der Waals surface area contributed by atoms with Gasteiger partial charge in [-0.05, 0) is 0 Å². The van der Waals surface area contributed by atoms with Gasteiger partial charge >= 0.3 is 0 Å². The second-order valence-corrected chi connectivity index (χ2v) is 7.92. The van der Waals surface area contributed by atoms with Crippen molar-refractivity contribution in [3.63, 3.8) is 0 Å². The fraction of sp³-hybridized carbons (Fsp3) is 0.0526. The first-order valence-corrected chi connectivity index (χ1v) is 9.03. The number of methoxy groups -OCH3 is 1. The molecule has 122 valence electrons. The van der Waals surface area contributed by atoms with Crippen molar-refractivity contribution in [2.24, 2.45) is 0 Å². The maximum Gasteiger partial charge on any atom is 0.176 e. The maximum atomic E-state index is 14.7. The van der Waals surface area contributed by atoms with Crippen molar-refractivity contribution in [2.75, 3.05) is 7.11 Å². The zero-order valence-electron chi connectivity index (χ0n) is 12.9. The normalized spacial score (nSPS) is 11.3. The molecule has 0 aliphatic rings. The molecular weight excluding hydrogens is 329 g/mol. The lowest BCUT2D eigenvalue weighted by atomic mass is 10.3. The summed E-state index contributed by atoms with van der Waals surface area (Å²) in [7, 11) is -2.37. The predicted octanol–water partition coefficient (Wildman–Crippen LogP) is 3.61. The van der Waals surface area contributed by atoms with Crippen molar-refractivity contribution in [3.05, 3.63) is 84.4 Å². The van der Waals surface area contributed by atoms with Gasteiger partial charge < -0.3 is 9.30 Å². The van der Waals surface area contributed by atoms with Crippen molar-refractivity contribution in [3.8, 4) is 5.75 Å². The molecule has 0 fully saturated rings. The van der Waals surface area contributed by atoms with E-state index in [0.29, 0.717) is 10.6 Å². The largest absolute Gasteiger partial charge is 0.497 e. The first-order valence-electron chi connectivity index (χ1n) is 7.32. The Kier molecular flexibility index (Phi) is 4.50. The van der Waals surface area contributed by atoms with Crippen molar-refractivity contribution >= 4 is 23.1 Å². The zero-order chi connectivity index (χ0) is 17.2. The van der Waals surface area contributed by atoms with Crippen molar-refractivity contribution < 1.29 is 18.1 Å². The fourth-order valence-corrected chi connectivity index (χ4v) is 5.37. The molecule has 0 atom stereocenters. The average molecular weight is 344 g/mol. The Hall–Kier alpha value is -2.45. The average Bonchev–Trinajstić information content (AvgIpc) is 2.62. The second kappa shape index (κ2) is 6.58. The van der Waals surface area contributed by atoms with E-state index in [-0.39, 0.29) is 5.75 Å². The van der Waals surface area contributed by atoms with Crippen LogP contribution in [0.5, 0.6) is 5.75 Å². The molecule has 3 rings (SSSR count). The molecule has 3 aromatic carbocycles. The van der Waals surface area contributed by atoms with Crippen LogP contribution in [0.15, 0.2) is 72.8 Å². The van der Waals surface area contributed by atoms with Gasteiger partial charge in [-0.15, -0.1) is 0 Å². The smallest absolute Gasteiger partial charge is 0.176 e. The van der Waals surface area contributed by atoms with Crippen LogP contribution < -0.4 is 20.7 Å². The Bertz CT molecular complexity index is 829. The third-order valence-corrected chi connectivity index (χ3v) is 6.89. The molecule has 0 aliphatic heterocycles. The number of benzene rings is 3. The molecule has 0 bridgehead atoms. The molecule has 0 heterocycles. The number of hydrogen-bond donors (Lipinski definition) is 0. The van der Waals surface area contributed by atoms with Crippen LogP contribution in [0.2, 0.25) is 0 Å². The predicted molar refractivity (Wildman–Crippen MR) is 92.3 cm³/mol. The lowest BCUT2D eigenvalue weighted by Gasteiger charge is -2.21. The Labute approximate surface area is 139 Å². The molecule has 0 aliphatic carbocycles. The van der Waals surface area contributed by atoms with Gasteiger partial charge in [-0.2, -0.15) is 0 Å². The molecule has 0 aromatic heterocycles. The molecule has 0 spiro atoms. The molecule has 2 nitrogen and oxygen atoms in total. The molecule has 3 aromatic rings. The summed E-state index contributed by atoms with van der Waals surface area (Å²) in [6.07, 6.45) is 0. The van der Waals surface area contributed by atoms with Crippen LogP contribution in [0.25, 0.3) is 0 Å². The number of rotatable bonds is 4. The minimum atomic E-state index is -3.69. The summed E-state index contributed by atoms with van der Waals surface area (Å²) in [5.74, 6) is -1.73. The molecule has 0 saturated carbocycles. The van der Waals surface area contributed by atoms with Crippen LogP contribution >= 0.6 is 7.14 Å². The maximum absolute atomic E-state index is 14.7. The highest BCUT2D eigenvalue weighted by Crippen LogP contribution is 2.44. The van der Waals surface area contributed by atoms with Gasteiger partial charge in [0.25, 0.3) is 0 Å². The van der Waals surface area contributed by atoms with E-state index in [0.717, 1.165) is 12.1 Å². The molecule has 0 N–H and O–H groups in total. The highest BCUT2D eigenvalue weighted by molar-refractivity contribution is 7.85. The van der Waals surface area contributed by atoms with Crippen LogP contribution in [0.1, 0.15) is 0 Å². The number of hydrogen-bond acceptors (Lipinski definition) is 2. The molecular formula is C19H15F2O2P. The van der Waals surface area contributed by atoms with Crippen LogP contribution in [0, 0.1) is 11.6 Å². The topological polar surface area (TPSA) is 26.3 Å². The van der Waals surface area contributed by atoms with Crippen molar-refractivity contribution in [2.45, 2.75) is 0 Å². The van der Waals surface area contributed by atoms with E-state index in [2.05, 4.69) is 0 Å². The number of halogens is 2. The van der Waals surface area contributed by atoms with Gasteiger partial charge in [-0.1, -0.05) is 60.7 Å². The van der Waals surface area contributed by atoms with Crippen LogP contribution in [0.3, 0.4) is 0 Å². The van der Waals surface area contributed by atoms with Crippen LogP contribution in [-0.2, 0) is 4.57 Å². The first kappa shape index (κ1) is 16.4. The van der Waals surface area contributed by atoms with E-state index in [9.17, 15) is 13.3 Å². The van der Waals surface area contributed by atoms with E-state index in [1.165, 1.54) is 7.11 Å². The van der Waals surface area contributed by atoms with E-state index < -0.39 is 24.1 Å². The third-order valence-electron chi connectivity index (χ3n) is 3.78. The van der Waals surface area contributed by atoms with E-state index >= 15 is 0 Å². The molecule has 0 amide bonds. The van der Waals surface area contributed by atoms with E-state index in [4.69, 9.17) is 4.74 Å². The molecule has 0 saturated heterocycles. The summed E-state index contributed by atoms with van der Waals surface area (Å²) in [4.78, 5) is 0. The van der Waals surface area contributed by atoms with Gasteiger partial charge in [-0.25, -0.2) is 8.78 Å². The van der Waals surface area contributed by atoms with Gasteiger partial charge in [0.05, 0.1) is 12.4 Å². The Balaban J connectivity index is 2.35. The molecule has 5 heteroatoms. The minimum Gasteiger partial charge on any atom is -0.497 e.